The van der Waals surface area contributed by atoms with Gasteiger partial charge in [0, 0.05) is 26.7 Å². The highest BCUT2D eigenvalue weighted by Gasteiger charge is 2.11. The third-order valence-corrected chi connectivity index (χ3v) is 5.28. The van der Waals surface area contributed by atoms with Crippen LogP contribution in [0.4, 0.5) is 0 Å². The molecule has 0 fully saturated rings. The molecule has 1 amide bonds. The van der Waals surface area contributed by atoms with Gasteiger partial charge in [-0.1, -0.05) is 42.5 Å². The first-order valence-electron chi connectivity index (χ1n) is 10.6. The highest BCUT2D eigenvalue weighted by molar-refractivity contribution is 14.0. The Labute approximate surface area is 212 Å². The average molecular weight is 561 g/mol. The van der Waals surface area contributed by atoms with E-state index in [0.717, 1.165) is 17.2 Å². The SMILES string of the molecule is Cc1nnc(CNC(=NCc2ccc(C(=O)N(C)C)cc2)NC(C)c2ccccc2)n1C.I. The number of aryl methyl sites for hydroxylation is 1. The number of aromatic nitrogens is 3. The number of benzene rings is 2. The van der Waals surface area contributed by atoms with Crippen molar-refractivity contribution in [2.24, 2.45) is 12.0 Å². The summed E-state index contributed by atoms with van der Waals surface area (Å²) in [5.41, 5.74) is 2.85. The van der Waals surface area contributed by atoms with Crippen LogP contribution in [0, 0.1) is 6.92 Å². The van der Waals surface area contributed by atoms with Crippen molar-refractivity contribution in [3.8, 4) is 0 Å². The number of rotatable bonds is 7. The maximum Gasteiger partial charge on any atom is 0.253 e. The largest absolute Gasteiger partial charge is 0.350 e. The molecule has 0 spiro atoms. The van der Waals surface area contributed by atoms with E-state index in [2.05, 4.69) is 39.9 Å². The van der Waals surface area contributed by atoms with Crippen LogP contribution in [0.15, 0.2) is 59.6 Å². The molecule has 0 radical (unpaired) electrons. The molecule has 176 valence electrons. The Morgan fingerprint density at radius 3 is 2.33 bits per heavy atom. The van der Waals surface area contributed by atoms with E-state index in [0.29, 0.717) is 24.6 Å². The van der Waals surface area contributed by atoms with Gasteiger partial charge in [0.05, 0.1) is 19.1 Å². The smallest absolute Gasteiger partial charge is 0.253 e. The summed E-state index contributed by atoms with van der Waals surface area (Å²) in [5, 5.41) is 15.2. The maximum absolute atomic E-state index is 12.1. The van der Waals surface area contributed by atoms with Crippen LogP contribution in [0.3, 0.4) is 0 Å². The third kappa shape index (κ3) is 7.28. The van der Waals surface area contributed by atoms with E-state index in [1.54, 1.807) is 19.0 Å². The zero-order valence-electron chi connectivity index (χ0n) is 19.7. The van der Waals surface area contributed by atoms with E-state index in [1.165, 1.54) is 5.56 Å². The van der Waals surface area contributed by atoms with Crippen LogP contribution in [0.5, 0.6) is 0 Å². The lowest BCUT2D eigenvalue weighted by atomic mass is 10.1. The van der Waals surface area contributed by atoms with Crippen molar-refractivity contribution in [3.05, 3.63) is 82.9 Å². The lowest BCUT2D eigenvalue weighted by Crippen LogP contribution is -2.39. The minimum absolute atomic E-state index is 0. The zero-order valence-corrected chi connectivity index (χ0v) is 22.1. The second-order valence-corrected chi connectivity index (χ2v) is 7.91. The summed E-state index contributed by atoms with van der Waals surface area (Å²) in [6.45, 7) is 5.00. The van der Waals surface area contributed by atoms with Crippen LogP contribution in [0.1, 0.15) is 46.1 Å². The van der Waals surface area contributed by atoms with Crippen LogP contribution in [0.25, 0.3) is 0 Å². The van der Waals surface area contributed by atoms with Crippen molar-refractivity contribution in [1.29, 1.82) is 0 Å². The lowest BCUT2D eigenvalue weighted by Gasteiger charge is -2.19. The van der Waals surface area contributed by atoms with Gasteiger partial charge in [0.1, 0.15) is 5.82 Å². The number of carbonyl (C=O) groups is 1. The van der Waals surface area contributed by atoms with E-state index in [9.17, 15) is 4.79 Å². The molecule has 0 saturated carbocycles. The molecule has 2 N–H and O–H groups in total. The molecule has 1 atom stereocenters. The zero-order chi connectivity index (χ0) is 23.1. The van der Waals surface area contributed by atoms with E-state index < -0.39 is 0 Å². The monoisotopic (exact) mass is 561 g/mol. The van der Waals surface area contributed by atoms with Crippen LogP contribution in [-0.2, 0) is 20.1 Å². The van der Waals surface area contributed by atoms with Crippen molar-refractivity contribution in [2.75, 3.05) is 14.1 Å². The topological polar surface area (TPSA) is 87.4 Å². The van der Waals surface area contributed by atoms with E-state index >= 15 is 0 Å². The molecule has 1 aromatic heterocycles. The first-order chi connectivity index (χ1) is 15.3. The molecule has 33 heavy (non-hydrogen) atoms. The minimum Gasteiger partial charge on any atom is -0.350 e. The Kier molecular flexibility index (Phi) is 9.83. The molecule has 9 heteroatoms. The van der Waals surface area contributed by atoms with Crippen LogP contribution < -0.4 is 10.6 Å². The van der Waals surface area contributed by atoms with Gasteiger partial charge in [0.25, 0.3) is 5.91 Å². The molecule has 8 nitrogen and oxygen atoms in total. The van der Waals surface area contributed by atoms with Gasteiger partial charge in [0.15, 0.2) is 11.8 Å². The lowest BCUT2D eigenvalue weighted by molar-refractivity contribution is 0.0827. The predicted octanol–water partition coefficient (Wildman–Crippen LogP) is 3.44. The Balaban J connectivity index is 0.00000385. The summed E-state index contributed by atoms with van der Waals surface area (Å²) in [6.07, 6.45) is 0. The average Bonchev–Trinajstić information content (AvgIpc) is 3.13. The van der Waals surface area contributed by atoms with Crippen molar-refractivity contribution < 1.29 is 4.79 Å². The molecule has 3 aromatic rings. The molecule has 0 aliphatic rings. The number of carbonyl (C=O) groups excluding carboxylic acids is 1. The van der Waals surface area contributed by atoms with Crippen LogP contribution in [-0.4, -0.2) is 45.6 Å². The van der Waals surface area contributed by atoms with E-state index in [-0.39, 0.29) is 35.9 Å². The maximum atomic E-state index is 12.1. The summed E-state index contributed by atoms with van der Waals surface area (Å²) in [6, 6.07) is 17.8. The molecule has 2 aromatic carbocycles. The summed E-state index contributed by atoms with van der Waals surface area (Å²) in [4.78, 5) is 18.4. The van der Waals surface area contributed by atoms with Gasteiger partial charge in [-0.2, -0.15) is 0 Å². The normalized spacial score (nSPS) is 12.0. The second kappa shape index (κ2) is 12.3. The van der Waals surface area contributed by atoms with Gasteiger partial charge >= 0.3 is 0 Å². The second-order valence-electron chi connectivity index (χ2n) is 7.91. The fourth-order valence-electron chi connectivity index (χ4n) is 3.13. The fourth-order valence-corrected chi connectivity index (χ4v) is 3.13. The number of aliphatic imine (C=N–C) groups is 1. The quantitative estimate of drug-likeness (QED) is 0.262. The number of guanidine groups is 1. The van der Waals surface area contributed by atoms with Gasteiger partial charge in [-0.05, 0) is 37.1 Å². The number of hydrogen-bond donors (Lipinski definition) is 2. The number of amides is 1. The van der Waals surface area contributed by atoms with Gasteiger partial charge in [0.2, 0.25) is 0 Å². The van der Waals surface area contributed by atoms with Crippen molar-refractivity contribution in [2.45, 2.75) is 33.0 Å². The number of nitrogens with zero attached hydrogens (tertiary/aromatic N) is 5. The molecule has 1 heterocycles. The summed E-state index contributed by atoms with van der Waals surface area (Å²) >= 11 is 0. The number of halogens is 1. The fraction of sp³-hybridized carbons (Fsp3) is 0.333. The van der Waals surface area contributed by atoms with Gasteiger partial charge in [-0.15, -0.1) is 34.2 Å². The molecule has 0 bridgehead atoms. The van der Waals surface area contributed by atoms with Gasteiger partial charge in [-0.25, -0.2) is 4.99 Å². The molecule has 0 aliphatic carbocycles. The Hall–Kier alpha value is -2.95. The molecule has 0 saturated heterocycles. The number of nitrogens with one attached hydrogen (secondary N) is 2. The highest BCUT2D eigenvalue weighted by Crippen LogP contribution is 2.12. The van der Waals surface area contributed by atoms with Crippen molar-refractivity contribution >= 4 is 35.8 Å². The van der Waals surface area contributed by atoms with Gasteiger partial charge in [-0.3, -0.25) is 4.79 Å². The summed E-state index contributed by atoms with van der Waals surface area (Å²) in [5.74, 6) is 2.35. The van der Waals surface area contributed by atoms with Crippen molar-refractivity contribution in [1.82, 2.24) is 30.3 Å². The van der Waals surface area contributed by atoms with E-state index in [1.807, 2.05) is 61.0 Å². The Bertz CT molecular complexity index is 1060. The summed E-state index contributed by atoms with van der Waals surface area (Å²) in [7, 11) is 5.44. The molecular weight excluding hydrogens is 529 g/mol. The van der Waals surface area contributed by atoms with Crippen molar-refractivity contribution in [3.63, 3.8) is 0 Å². The Morgan fingerprint density at radius 2 is 1.76 bits per heavy atom. The molecule has 0 aliphatic heterocycles. The standard InChI is InChI=1S/C24H31N7O.HI/c1-17(20-9-7-6-8-10-20)27-24(26-16-22-29-28-18(2)31(22)5)25-15-19-11-13-21(14-12-19)23(32)30(3)4;/h6-14,17H,15-16H2,1-5H3,(H2,25,26,27);1H. The van der Waals surface area contributed by atoms with Crippen LogP contribution >= 0.6 is 24.0 Å². The molecule has 3 rings (SSSR count). The first kappa shape index (κ1) is 26.3. The van der Waals surface area contributed by atoms with Gasteiger partial charge < -0.3 is 20.1 Å². The first-order valence-corrected chi connectivity index (χ1v) is 10.6. The third-order valence-electron chi connectivity index (χ3n) is 5.28. The van der Waals surface area contributed by atoms with Crippen LogP contribution in [0.2, 0.25) is 0 Å². The summed E-state index contributed by atoms with van der Waals surface area (Å²) < 4.78 is 1.95. The molecular formula is C24H32IN7O. The minimum atomic E-state index is -0.0141. The van der Waals surface area contributed by atoms with E-state index in [4.69, 9.17) is 4.99 Å². The molecule has 1 unspecified atom stereocenters. The predicted molar refractivity (Wildman–Crippen MR) is 142 cm³/mol. The Morgan fingerprint density at radius 1 is 1.09 bits per heavy atom. The highest BCUT2D eigenvalue weighted by atomic mass is 127. The number of hydrogen-bond acceptors (Lipinski definition) is 4.